The van der Waals surface area contributed by atoms with Gasteiger partial charge in [-0.3, -0.25) is 4.79 Å². The smallest absolute Gasteiger partial charge is 0.255 e. The Kier molecular flexibility index (Phi) is 4.93. The third-order valence-electron chi connectivity index (χ3n) is 3.85. The summed E-state index contributed by atoms with van der Waals surface area (Å²) in [5.41, 5.74) is 3.23. The van der Waals surface area contributed by atoms with Gasteiger partial charge in [0.25, 0.3) is 5.91 Å². The van der Waals surface area contributed by atoms with Crippen LogP contribution in [0.5, 0.6) is 0 Å². The van der Waals surface area contributed by atoms with Gasteiger partial charge >= 0.3 is 0 Å². The molecule has 4 nitrogen and oxygen atoms in total. The molecule has 0 aliphatic carbocycles. The van der Waals surface area contributed by atoms with E-state index in [1.807, 2.05) is 32.0 Å². The molecule has 0 saturated heterocycles. The largest absolute Gasteiger partial charge is 0.338 e. The summed E-state index contributed by atoms with van der Waals surface area (Å²) in [4.78, 5) is 16.5. The Balaban J connectivity index is 1.79. The van der Waals surface area contributed by atoms with Gasteiger partial charge in [-0.1, -0.05) is 17.7 Å². The maximum absolute atomic E-state index is 13.8. The molecule has 0 atom stereocenters. The Hall–Kier alpha value is -3.28. The summed E-state index contributed by atoms with van der Waals surface area (Å²) in [7, 11) is 0. The van der Waals surface area contributed by atoms with Crippen LogP contribution in [0, 0.1) is 25.5 Å². The van der Waals surface area contributed by atoms with E-state index in [2.05, 4.69) is 15.6 Å². The first-order valence-corrected chi connectivity index (χ1v) is 7.99. The second kappa shape index (κ2) is 7.31. The highest BCUT2D eigenvalue weighted by molar-refractivity contribution is 6.05. The van der Waals surface area contributed by atoms with E-state index in [0.717, 1.165) is 28.9 Å². The van der Waals surface area contributed by atoms with Crippen LogP contribution in [-0.4, -0.2) is 10.9 Å². The van der Waals surface area contributed by atoms with Crippen molar-refractivity contribution in [1.29, 1.82) is 0 Å². The number of hydrogen-bond acceptors (Lipinski definition) is 3. The second-order valence-electron chi connectivity index (χ2n) is 5.95. The predicted octanol–water partition coefficient (Wildman–Crippen LogP) is 4.97. The number of hydrogen-bond donors (Lipinski definition) is 2. The summed E-state index contributed by atoms with van der Waals surface area (Å²) in [6.45, 7) is 3.90. The molecule has 6 heteroatoms. The molecule has 132 valence electrons. The zero-order chi connectivity index (χ0) is 18.7. The van der Waals surface area contributed by atoms with Crippen molar-refractivity contribution >= 4 is 23.1 Å². The Labute approximate surface area is 149 Å². The number of rotatable bonds is 4. The lowest BCUT2D eigenvalue weighted by atomic mass is 10.1. The number of carbonyl (C=O) groups excluding carboxylic acids is 1. The molecule has 0 bridgehead atoms. The Morgan fingerprint density at radius 2 is 1.73 bits per heavy atom. The van der Waals surface area contributed by atoms with Gasteiger partial charge in [0.05, 0.1) is 5.69 Å². The molecular formula is C20H17F2N3O. The fraction of sp³-hybridized carbons (Fsp3) is 0.100. The maximum Gasteiger partial charge on any atom is 0.255 e. The van der Waals surface area contributed by atoms with Gasteiger partial charge in [-0.25, -0.2) is 13.8 Å². The lowest BCUT2D eigenvalue weighted by Crippen LogP contribution is -2.13. The van der Waals surface area contributed by atoms with E-state index in [-0.39, 0.29) is 17.4 Å². The van der Waals surface area contributed by atoms with Crippen molar-refractivity contribution in [2.24, 2.45) is 0 Å². The molecule has 3 rings (SSSR count). The molecule has 2 N–H and O–H groups in total. The first-order valence-electron chi connectivity index (χ1n) is 7.99. The normalized spacial score (nSPS) is 10.5. The lowest BCUT2D eigenvalue weighted by Gasteiger charge is -2.11. The van der Waals surface area contributed by atoms with Crippen LogP contribution in [0.25, 0.3) is 0 Å². The number of anilines is 3. The molecular weight excluding hydrogens is 336 g/mol. The number of nitrogens with one attached hydrogen (secondary N) is 2. The number of amides is 1. The summed E-state index contributed by atoms with van der Waals surface area (Å²) in [5, 5.41) is 5.59. The minimum Gasteiger partial charge on any atom is -0.338 e. The first-order chi connectivity index (χ1) is 12.4. The lowest BCUT2D eigenvalue weighted by molar-refractivity contribution is 0.102. The Morgan fingerprint density at radius 3 is 2.46 bits per heavy atom. The third kappa shape index (κ3) is 4.03. The Morgan fingerprint density at radius 1 is 0.962 bits per heavy atom. The molecule has 0 radical (unpaired) electrons. The van der Waals surface area contributed by atoms with Crippen LogP contribution in [0.1, 0.15) is 21.5 Å². The van der Waals surface area contributed by atoms with E-state index in [1.54, 1.807) is 6.07 Å². The average molecular weight is 353 g/mol. The first kappa shape index (κ1) is 17.5. The molecule has 0 aliphatic rings. The van der Waals surface area contributed by atoms with Crippen LogP contribution in [0.3, 0.4) is 0 Å². The van der Waals surface area contributed by atoms with Crippen LogP contribution in [0.4, 0.5) is 26.0 Å². The number of aryl methyl sites for hydroxylation is 2. The van der Waals surface area contributed by atoms with E-state index >= 15 is 0 Å². The van der Waals surface area contributed by atoms with Crippen molar-refractivity contribution in [3.63, 3.8) is 0 Å². The topological polar surface area (TPSA) is 54.0 Å². The monoisotopic (exact) mass is 353 g/mol. The summed E-state index contributed by atoms with van der Waals surface area (Å²) < 4.78 is 26.7. The van der Waals surface area contributed by atoms with Gasteiger partial charge in [0.1, 0.15) is 17.5 Å². The standard InChI is InChI=1S/C20H17F2N3O/c1-12-3-5-17(13(2)9-12)25-20(26)14-7-8-23-19(10-14)24-18-6-4-15(21)11-16(18)22/h3-11H,1-2H3,(H,23,24)(H,25,26). The number of pyridine rings is 1. The van der Waals surface area contributed by atoms with Crippen molar-refractivity contribution < 1.29 is 13.6 Å². The third-order valence-corrected chi connectivity index (χ3v) is 3.85. The van der Waals surface area contributed by atoms with E-state index < -0.39 is 11.6 Å². The summed E-state index contributed by atoms with van der Waals surface area (Å²) in [6, 6.07) is 12.0. The fourth-order valence-corrected chi connectivity index (χ4v) is 2.52. The number of aromatic nitrogens is 1. The van der Waals surface area contributed by atoms with Crippen molar-refractivity contribution in [3.05, 3.63) is 83.1 Å². The summed E-state index contributed by atoms with van der Waals surface area (Å²) in [5.74, 6) is -1.43. The minimum atomic E-state index is -0.739. The van der Waals surface area contributed by atoms with Gasteiger partial charge in [0, 0.05) is 23.5 Å². The quantitative estimate of drug-likeness (QED) is 0.696. The molecule has 2 aromatic carbocycles. The molecule has 0 aliphatic heterocycles. The molecule has 1 heterocycles. The number of nitrogens with zero attached hydrogens (tertiary/aromatic N) is 1. The number of carbonyl (C=O) groups is 1. The highest BCUT2D eigenvalue weighted by Gasteiger charge is 2.10. The zero-order valence-corrected chi connectivity index (χ0v) is 14.3. The van der Waals surface area contributed by atoms with Crippen LogP contribution in [-0.2, 0) is 0 Å². The molecule has 3 aromatic rings. The van der Waals surface area contributed by atoms with Gasteiger partial charge < -0.3 is 10.6 Å². The molecule has 26 heavy (non-hydrogen) atoms. The highest BCUT2D eigenvalue weighted by atomic mass is 19.1. The molecule has 0 unspecified atom stereocenters. The van der Waals surface area contributed by atoms with Crippen molar-refractivity contribution in [2.75, 3.05) is 10.6 Å². The molecule has 0 spiro atoms. The van der Waals surface area contributed by atoms with Crippen LogP contribution < -0.4 is 10.6 Å². The number of halogens is 2. The van der Waals surface area contributed by atoms with E-state index in [9.17, 15) is 13.6 Å². The highest BCUT2D eigenvalue weighted by Crippen LogP contribution is 2.21. The average Bonchev–Trinajstić information content (AvgIpc) is 2.60. The Bertz CT molecular complexity index is 973. The van der Waals surface area contributed by atoms with Crippen molar-refractivity contribution in [2.45, 2.75) is 13.8 Å². The summed E-state index contributed by atoms with van der Waals surface area (Å²) in [6.07, 6.45) is 1.45. The minimum absolute atomic E-state index is 0.0748. The van der Waals surface area contributed by atoms with E-state index in [0.29, 0.717) is 5.56 Å². The van der Waals surface area contributed by atoms with Crippen LogP contribution >= 0.6 is 0 Å². The van der Waals surface area contributed by atoms with Crippen LogP contribution in [0.15, 0.2) is 54.7 Å². The molecule has 1 aromatic heterocycles. The van der Waals surface area contributed by atoms with E-state index in [1.165, 1.54) is 18.3 Å². The van der Waals surface area contributed by atoms with Crippen molar-refractivity contribution in [3.8, 4) is 0 Å². The summed E-state index contributed by atoms with van der Waals surface area (Å²) >= 11 is 0. The van der Waals surface area contributed by atoms with Crippen LogP contribution in [0.2, 0.25) is 0 Å². The van der Waals surface area contributed by atoms with Crippen molar-refractivity contribution in [1.82, 2.24) is 4.98 Å². The predicted molar refractivity (Wildman–Crippen MR) is 97.7 cm³/mol. The zero-order valence-electron chi connectivity index (χ0n) is 14.3. The molecule has 1 amide bonds. The molecule has 0 fully saturated rings. The van der Waals surface area contributed by atoms with Gasteiger partial charge in [0.15, 0.2) is 0 Å². The SMILES string of the molecule is Cc1ccc(NC(=O)c2ccnc(Nc3ccc(F)cc3F)c2)c(C)c1. The fourth-order valence-electron chi connectivity index (χ4n) is 2.52. The second-order valence-corrected chi connectivity index (χ2v) is 5.95. The van der Waals surface area contributed by atoms with Gasteiger partial charge in [-0.2, -0.15) is 0 Å². The van der Waals surface area contributed by atoms with E-state index in [4.69, 9.17) is 0 Å². The maximum atomic E-state index is 13.8. The van der Waals surface area contributed by atoms with Gasteiger partial charge in [-0.05, 0) is 49.7 Å². The van der Waals surface area contributed by atoms with Gasteiger partial charge in [-0.15, -0.1) is 0 Å². The number of benzene rings is 2. The molecule has 0 saturated carbocycles. The van der Waals surface area contributed by atoms with Gasteiger partial charge in [0.2, 0.25) is 0 Å².